The zero-order valence-corrected chi connectivity index (χ0v) is 18.7. The van der Waals surface area contributed by atoms with E-state index in [4.69, 9.17) is 4.74 Å². The Labute approximate surface area is 178 Å². The van der Waals surface area contributed by atoms with E-state index in [0.29, 0.717) is 11.5 Å². The number of methoxy groups -OCH3 is 1. The van der Waals surface area contributed by atoms with Crippen molar-refractivity contribution in [3.63, 3.8) is 0 Å². The Morgan fingerprint density at radius 3 is 2.42 bits per heavy atom. The van der Waals surface area contributed by atoms with Crippen LogP contribution < -0.4 is 16.0 Å². The first-order valence-corrected chi connectivity index (χ1v) is 9.97. The molecule has 0 bridgehead atoms. The summed E-state index contributed by atoms with van der Waals surface area (Å²) in [5.41, 5.74) is 2.93. The van der Waals surface area contributed by atoms with Gasteiger partial charge in [-0.25, -0.2) is 9.36 Å². The normalized spacial score (nSPS) is 12.6. The fraction of sp³-hybridized carbons (Fsp3) is 0.364. The predicted octanol–water partition coefficient (Wildman–Crippen LogP) is 2.22. The molecule has 0 fully saturated rings. The second-order valence-corrected chi connectivity index (χ2v) is 7.90. The molecular formula is C22H25N5O4. The molecule has 0 saturated carbocycles. The van der Waals surface area contributed by atoms with Crippen LogP contribution in [0.5, 0.6) is 5.75 Å². The monoisotopic (exact) mass is 423 g/mol. The Kier molecular flexibility index (Phi) is 4.64. The number of aryl methyl sites for hydroxylation is 3. The molecule has 1 aromatic carbocycles. The first kappa shape index (κ1) is 20.6. The number of Topliss-reactive ketones (excluding diaryl/α,β-unsaturated/α-hetero) is 1. The number of carbonyl (C=O) groups excluding carboxylic acids is 1. The van der Waals surface area contributed by atoms with E-state index >= 15 is 0 Å². The van der Waals surface area contributed by atoms with Gasteiger partial charge in [-0.2, -0.15) is 4.98 Å². The maximum absolute atomic E-state index is 13.4. The molecule has 0 aliphatic carbocycles. The minimum atomic E-state index is -0.874. The molecule has 4 aromatic rings. The summed E-state index contributed by atoms with van der Waals surface area (Å²) < 4.78 is 11.6. The number of ether oxygens (including phenoxy) is 1. The van der Waals surface area contributed by atoms with E-state index in [1.807, 2.05) is 43.5 Å². The zero-order chi connectivity index (χ0) is 22.8. The zero-order valence-electron chi connectivity index (χ0n) is 18.7. The average molecular weight is 423 g/mol. The molecule has 3 aromatic heterocycles. The molecular weight excluding hydrogens is 398 g/mol. The lowest BCUT2D eigenvalue weighted by Crippen LogP contribution is -2.42. The second-order valence-electron chi connectivity index (χ2n) is 7.90. The van der Waals surface area contributed by atoms with Crippen molar-refractivity contribution in [3.8, 4) is 11.4 Å². The minimum absolute atomic E-state index is 0.260. The van der Waals surface area contributed by atoms with Crippen molar-refractivity contribution in [2.75, 3.05) is 7.11 Å². The van der Waals surface area contributed by atoms with E-state index in [-0.39, 0.29) is 16.9 Å². The summed E-state index contributed by atoms with van der Waals surface area (Å²) in [6, 6.07) is 4.95. The Morgan fingerprint density at radius 2 is 1.81 bits per heavy atom. The quantitative estimate of drug-likeness (QED) is 0.502. The van der Waals surface area contributed by atoms with E-state index in [9.17, 15) is 14.4 Å². The molecule has 1 atom stereocenters. The molecule has 9 heteroatoms. The van der Waals surface area contributed by atoms with Gasteiger partial charge in [0.25, 0.3) is 5.56 Å². The van der Waals surface area contributed by atoms with Crippen molar-refractivity contribution < 1.29 is 9.53 Å². The van der Waals surface area contributed by atoms with Crippen LogP contribution in [-0.4, -0.2) is 36.0 Å². The highest BCUT2D eigenvalue weighted by atomic mass is 16.5. The smallest absolute Gasteiger partial charge is 0.333 e. The topological polar surface area (TPSA) is 92.5 Å². The Morgan fingerprint density at radius 1 is 1.13 bits per heavy atom. The van der Waals surface area contributed by atoms with Crippen molar-refractivity contribution >= 4 is 22.7 Å². The molecule has 0 aliphatic rings. The number of fused-ring (bicyclic) bond motifs is 3. The van der Waals surface area contributed by atoms with E-state index < -0.39 is 17.3 Å². The number of nitrogens with zero attached hydrogens (tertiary/aromatic N) is 5. The standard InChI is InChI=1S/C22H25N5O4/c1-11-8-9-17(31-7)16(10-11)25-12(2)13(3)26-18-19(23-21(25)26)24(6)22(30)27(20(18)29)14(4)15(5)28/h8-10,14H,1-7H3. The molecule has 4 rings (SSSR count). The van der Waals surface area contributed by atoms with Crippen molar-refractivity contribution in [2.45, 2.75) is 40.7 Å². The number of aromatic nitrogens is 5. The van der Waals surface area contributed by atoms with Gasteiger partial charge in [-0.1, -0.05) is 6.07 Å². The van der Waals surface area contributed by atoms with Gasteiger partial charge in [0.2, 0.25) is 5.78 Å². The van der Waals surface area contributed by atoms with Crippen LogP contribution >= 0.6 is 0 Å². The maximum atomic E-state index is 13.4. The minimum Gasteiger partial charge on any atom is -0.495 e. The van der Waals surface area contributed by atoms with Crippen LogP contribution in [0.2, 0.25) is 0 Å². The molecule has 0 saturated heterocycles. The van der Waals surface area contributed by atoms with Crippen LogP contribution in [-0.2, 0) is 11.8 Å². The van der Waals surface area contributed by atoms with E-state index in [2.05, 4.69) is 4.98 Å². The number of imidazole rings is 2. The molecule has 1 unspecified atom stereocenters. The maximum Gasteiger partial charge on any atom is 0.333 e. The van der Waals surface area contributed by atoms with Gasteiger partial charge < -0.3 is 4.74 Å². The summed E-state index contributed by atoms with van der Waals surface area (Å²) in [6.45, 7) is 8.74. The highest BCUT2D eigenvalue weighted by Crippen LogP contribution is 2.30. The molecule has 3 heterocycles. The number of hydrogen-bond acceptors (Lipinski definition) is 5. The second kappa shape index (κ2) is 6.97. The van der Waals surface area contributed by atoms with E-state index in [0.717, 1.165) is 27.2 Å². The van der Waals surface area contributed by atoms with Crippen LogP contribution in [0, 0.1) is 20.8 Å². The van der Waals surface area contributed by atoms with Gasteiger partial charge >= 0.3 is 5.69 Å². The van der Waals surface area contributed by atoms with Gasteiger partial charge in [0.15, 0.2) is 16.9 Å². The molecule has 31 heavy (non-hydrogen) atoms. The van der Waals surface area contributed by atoms with Crippen LogP contribution in [0.15, 0.2) is 27.8 Å². The van der Waals surface area contributed by atoms with Crippen molar-refractivity contribution in [3.05, 3.63) is 56.0 Å². The number of carbonyl (C=O) groups is 1. The van der Waals surface area contributed by atoms with E-state index in [1.165, 1.54) is 11.5 Å². The molecule has 0 N–H and O–H groups in total. The Balaban J connectivity index is 2.22. The van der Waals surface area contributed by atoms with Gasteiger partial charge in [-0.3, -0.25) is 23.1 Å². The van der Waals surface area contributed by atoms with Crippen LogP contribution in [0.25, 0.3) is 22.6 Å². The summed E-state index contributed by atoms with van der Waals surface area (Å²) in [7, 11) is 3.16. The molecule has 0 radical (unpaired) electrons. The average Bonchev–Trinajstić information content (AvgIpc) is 3.22. The number of hydrogen-bond donors (Lipinski definition) is 0. The number of benzene rings is 1. The SMILES string of the molecule is COc1ccc(C)cc1-n1c(C)c(C)n2c3c(=O)n(C(C)C(C)=O)c(=O)n(C)c3nc12. The summed E-state index contributed by atoms with van der Waals surface area (Å²) in [5.74, 6) is 0.887. The molecule has 0 amide bonds. The van der Waals surface area contributed by atoms with Crippen LogP contribution in [0.1, 0.15) is 36.8 Å². The van der Waals surface area contributed by atoms with Crippen molar-refractivity contribution in [1.82, 2.24) is 23.1 Å². The molecule has 0 spiro atoms. The molecule has 9 nitrogen and oxygen atoms in total. The summed E-state index contributed by atoms with van der Waals surface area (Å²) >= 11 is 0. The third kappa shape index (κ3) is 2.76. The van der Waals surface area contributed by atoms with Crippen LogP contribution in [0.4, 0.5) is 0 Å². The van der Waals surface area contributed by atoms with Gasteiger partial charge in [-0.15, -0.1) is 0 Å². The lowest BCUT2D eigenvalue weighted by Gasteiger charge is -2.13. The lowest BCUT2D eigenvalue weighted by atomic mass is 10.2. The highest BCUT2D eigenvalue weighted by molar-refractivity contribution is 5.81. The molecule has 0 aliphatic heterocycles. The lowest BCUT2D eigenvalue weighted by molar-refractivity contribution is -0.119. The summed E-state index contributed by atoms with van der Waals surface area (Å²) in [6.07, 6.45) is 0. The predicted molar refractivity (Wildman–Crippen MR) is 118 cm³/mol. The number of ketones is 1. The summed E-state index contributed by atoms with van der Waals surface area (Å²) in [4.78, 5) is 43.0. The van der Waals surface area contributed by atoms with Crippen molar-refractivity contribution in [1.29, 1.82) is 0 Å². The van der Waals surface area contributed by atoms with Gasteiger partial charge in [-0.05, 0) is 52.3 Å². The Hall–Kier alpha value is -3.62. The van der Waals surface area contributed by atoms with Crippen LogP contribution in [0.3, 0.4) is 0 Å². The molecule has 162 valence electrons. The third-order valence-corrected chi connectivity index (χ3v) is 6.02. The number of rotatable bonds is 4. The third-order valence-electron chi connectivity index (χ3n) is 6.02. The summed E-state index contributed by atoms with van der Waals surface area (Å²) in [5, 5.41) is 0. The van der Waals surface area contributed by atoms with Gasteiger partial charge in [0.1, 0.15) is 5.75 Å². The largest absolute Gasteiger partial charge is 0.495 e. The van der Waals surface area contributed by atoms with E-state index in [1.54, 1.807) is 25.5 Å². The van der Waals surface area contributed by atoms with Crippen molar-refractivity contribution in [2.24, 2.45) is 7.05 Å². The van der Waals surface area contributed by atoms with Gasteiger partial charge in [0.05, 0.1) is 18.8 Å². The first-order valence-electron chi connectivity index (χ1n) is 9.97. The first-order chi connectivity index (χ1) is 14.6. The fourth-order valence-electron chi connectivity index (χ4n) is 4.00. The fourth-order valence-corrected chi connectivity index (χ4v) is 4.00. The Bertz CT molecular complexity index is 1500. The highest BCUT2D eigenvalue weighted by Gasteiger charge is 2.26. The van der Waals surface area contributed by atoms with Gasteiger partial charge in [0, 0.05) is 18.4 Å².